The minimum Gasteiger partial charge on any atom is -0.497 e. The molecule has 1 N–H and O–H groups in total. The van der Waals surface area contributed by atoms with E-state index in [-0.39, 0.29) is 18.2 Å². The van der Waals surface area contributed by atoms with Crippen LogP contribution in [-0.2, 0) is 29.0 Å². The summed E-state index contributed by atoms with van der Waals surface area (Å²) in [6.07, 6.45) is 0.672. The van der Waals surface area contributed by atoms with Gasteiger partial charge in [-0.2, -0.15) is 0 Å². The molecular weight excluding hydrogens is 424 g/mol. The van der Waals surface area contributed by atoms with Crippen LogP contribution in [0.4, 0.5) is 0 Å². The van der Waals surface area contributed by atoms with Crippen molar-refractivity contribution >= 4 is 11.8 Å². The first-order valence-electron chi connectivity index (χ1n) is 11.7. The molecule has 178 valence electrons. The van der Waals surface area contributed by atoms with Gasteiger partial charge in [0.15, 0.2) is 0 Å². The first-order chi connectivity index (χ1) is 16.4. The Bertz CT molecular complexity index is 1110. The predicted octanol–water partition coefficient (Wildman–Crippen LogP) is 4.63. The van der Waals surface area contributed by atoms with E-state index < -0.39 is 6.04 Å². The molecule has 0 aliphatic heterocycles. The molecular formula is C29H34N2O3. The maximum atomic E-state index is 13.7. The molecule has 0 aliphatic carbocycles. The van der Waals surface area contributed by atoms with E-state index in [0.717, 1.165) is 28.0 Å². The number of nitrogens with zero attached hydrogens (tertiary/aromatic N) is 1. The van der Waals surface area contributed by atoms with Crippen molar-refractivity contribution in [3.63, 3.8) is 0 Å². The van der Waals surface area contributed by atoms with Gasteiger partial charge in [-0.3, -0.25) is 9.59 Å². The summed E-state index contributed by atoms with van der Waals surface area (Å²) < 4.78 is 5.38. The van der Waals surface area contributed by atoms with Gasteiger partial charge in [0.05, 0.1) is 13.5 Å². The predicted molar refractivity (Wildman–Crippen MR) is 136 cm³/mol. The SMILES string of the molecule is CCNC(=O)[C@H](Cc1ccccc1)N(Cc1cccc(OC)c1)C(=O)Cc1ccc(C)c(C)c1. The van der Waals surface area contributed by atoms with E-state index in [1.807, 2.05) is 80.6 Å². The highest BCUT2D eigenvalue weighted by molar-refractivity contribution is 5.88. The summed E-state index contributed by atoms with van der Waals surface area (Å²) >= 11 is 0. The van der Waals surface area contributed by atoms with Crippen molar-refractivity contribution in [2.45, 2.75) is 46.2 Å². The second kappa shape index (κ2) is 12.0. The van der Waals surface area contributed by atoms with Crippen LogP contribution in [0.25, 0.3) is 0 Å². The Morgan fingerprint density at radius 2 is 1.62 bits per heavy atom. The molecule has 5 heteroatoms. The van der Waals surface area contributed by atoms with Crippen LogP contribution >= 0.6 is 0 Å². The normalized spacial score (nSPS) is 11.5. The standard InChI is InChI=1S/C29H34N2O3/c1-5-30-29(33)27(18-23-10-7-6-8-11-23)31(20-25-12-9-13-26(17-25)34-4)28(32)19-24-15-14-21(2)22(3)16-24/h6-17,27H,5,18-20H2,1-4H3,(H,30,33)/t27-/m0/s1. The summed E-state index contributed by atoms with van der Waals surface area (Å²) in [4.78, 5) is 28.7. The number of methoxy groups -OCH3 is 1. The molecule has 0 saturated heterocycles. The quantitative estimate of drug-likeness (QED) is 0.482. The van der Waals surface area contributed by atoms with E-state index in [9.17, 15) is 9.59 Å². The molecule has 0 saturated carbocycles. The van der Waals surface area contributed by atoms with Crippen LogP contribution in [0.1, 0.15) is 34.7 Å². The highest BCUT2D eigenvalue weighted by Crippen LogP contribution is 2.20. The van der Waals surface area contributed by atoms with Crippen molar-refractivity contribution < 1.29 is 14.3 Å². The molecule has 2 amide bonds. The summed E-state index contributed by atoms with van der Waals surface area (Å²) in [5, 5.41) is 2.93. The van der Waals surface area contributed by atoms with Gasteiger partial charge in [-0.05, 0) is 60.7 Å². The van der Waals surface area contributed by atoms with Crippen LogP contribution in [0.15, 0.2) is 72.8 Å². The number of hydrogen-bond acceptors (Lipinski definition) is 3. The zero-order valence-electron chi connectivity index (χ0n) is 20.5. The maximum Gasteiger partial charge on any atom is 0.243 e. The first kappa shape index (κ1) is 25.0. The molecule has 0 aromatic heterocycles. The number of hydrogen-bond donors (Lipinski definition) is 1. The molecule has 3 aromatic carbocycles. The van der Waals surface area contributed by atoms with Gasteiger partial charge in [-0.15, -0.1) is 0 Å². The van der Waals surface area contributed by atoms with E-state index in [0.29, 0.717) is 19.5 Å². The van der Waals surface area contributed by atoms with Gasteiger partial charge in [0, 0.05) is 19.5 Å². The molecule has 0 heterocycles. The minimum atomic E-state index is -0.632. The number of rotatable bonds is 10. The van der Waals surface area contributed by atoms with Gasteiger partial charge in [0.2, 0.25) is 11.8 Å². The zero-order chi connectivity index (χ0) is 24.5. The highest BCUT2D eigenvalue weighted by Gasteiger charge is 2.30. The van der Waals surface area contributed by atoms with Crippen LogP contribution in [0, 0.1) is 13.8 Å². The van der Waals surface area contributed by atoms with Crippen molar-refractivity contribution in [2.24, 2.45) is 0 Å². The number of nitrogens with one attached hydrogen (secondary N) is 1. The summed E-state index contributed by atoms with van der Waals surface area (Å²) in [7, 11) is 1.62. The van der Waals surface area contributed by atoms with E-state index in [2.05, 4.69) is 18.3 Å². The van der Waals surface area contributed by atoms with Crippen LogP contribution in [0.5, 0.6) is 5.75 Å². The van der Waals surface area contributed by atoms with Crippen LogP contribution in [0.2, 0.25) is 0 Å². The van der Waals surface area contributed by atoms with Crippen molar-refractivity contribution in [3.8, 4) is 5.75 Å². The van der Waals surface area contributed by atoms with Crippen LogP contribution in [0.3, 0.4) is 0 Å². The largest absolute Gasteiger partial charge is 0.497 e. The lowest BCUT2D eigenvalue weighted by Gasteiger charge is -2.31. The molecule has 0 unspecified atom stereocenters. The van der Waals surface area contributed by atoms with Crippen molar-refractivity contribution in [1.82, 2.24) is 10.2 Å². The average molecular weight is 459 g/mol. The second-order valence-corrected chi connectivity index (χ2v) is 8.57. The first-order valence-corrected chi connectivity index (χ1v) is 11.7. The average Bonchev–Trinajstić information content (AvgIpc) is 2.84. The Hall–Kier alpha value is -3.60. The molecule has 0 aliphatic rings. The molecule has 3 rings (SSSR count). The molecule has 1 atom stereocenters. The Kier molecular flexibility index (Phi) is 8.86. The topological polar surface area (TPSA) is 58.6 Å². The van der Waals surface area contributed by atoms with Gasteiger partial charge in [-0.1, -0.05) is 60.7 Å². The monoisotopic (exact) mass is 458 g/mol. The number of aryl methyl sites for hydroxylation is 2. The fourth-order valence-electron chi connectivity index (χ4n) is 4.00. The van der Waals surface area contributed by atoms with E-state index in [4.69, 9.17) is 4.74 Å². The number of amides is 2. The number of likely N-dealkylation sites (N-methyl/N-ethyl adjacent to an activating group) is 1. The van der Waals surface area contributed by atoms with Gasteiger partial charge in [0.25, 0.3) is 0 Å². The summed E-state index contributed by atoms with van der Waals surface area (Å²) in [5.74, 6) is 0.484. The Morgan fingerprint density at radius 1 is 0.882 bits per heavy atom. The van der Waals surface area contributed by atoms with E-state index >= 15 is 0 Å². The third-order valence-corrected chi connectivity index (χ3v) is 6.04. The van der Waals surface area contributed by atoms with Crippen molar-refractivity contribution in [1.29, 1.82) is 0 Å². The summed E-state index contributed by atoms with van der Waals surface area (Å²) in [6.45, 7) is 6.81. The third-order valence-electron chi connectivity index (χ3n) is 6.04. The number of benzene rings is 3. The maximum absolute atomic E-state index is 13.7. The number of carbonyl (C=O) groups excluding carboxylic acids is 2. The molecule has 0 bridgehead atoms. The van der Waals surface area contributed by atoms with Gasteiger partial charge in [-0.25, -0.2) is 0 Å². The van der Waals surface area contributed by atoms with Crippen LogP contribution in [-0.4, -0.2) is 36.4 Å². The minimum absolute atomic E-state index is 0.0849. The fourth-order valence-corrected chi connectivity index (χ4v) is 4.00. The second-order valence-electron chi connectivity index (χ2n) is 8.57. The Morgan fingerprint density at radius 3 is 2.29 bits per heavy atom. The summed E-state index contributed by atoms with van der Waals surface area (Å²) in [5.41, 5.74) is 5.20. The molecule has 3 aromatic rings. The highest BCUT2D eigenvalue weighted by atomic mass is 16.5. The zero-order valence-corrected chi connectivity index (χ0v) is 20.5. The fraction of sp³-hybridized carbons (Fsp3) is 0.310. The van der Waals surface area contributed by atoms with Crippen molar-refractivity contribution in [2.75, 3.05) is 13.7 Å². The van der Waals surface area contributed by atoms with E-state index in [1.54, 1.807) is 12.0 Å². The van der Waals surface area contributed by atoms with Crippen molar-refractivity contribution in [3.05, 3.63) is 101 Å². The third kappa shape index (κ3) is 6.70. The molecule has 0 fully saturated rings. The molecule has 34 heavy (non-hydrogen) atoms. The Labute approximate surface area is 202 Å². The lowest BCUT2D eigenvalue weighted by molar-refractivity contribution is -0.140. The lowest BCUT2D eigenvalue weighted by Crippen LogP contribution is -2.50. The van der Waals surface area contributed by atoms with Crippen LogP contribution < -0.4 is 10.1 Å². The smallest absolute Gasteiger partial charge is 0.243 e. The molecule has 0 radical (unpaired) electrons. The van der Waals surface area contributed by atoms with E-state index in [1.165, 1.54) is 5.56 Å². The van der Waals surface area contributed by atoms with Gasteiger partial charge >= 0.3 is 0 Å². The number of carbonyl (C=O) groups is 2. The van der Waals surface area contributed by atoms with Gasteiger partial charge in [0.1, 0.15) is 11.8 Å². The molecule has 0 spiro atoms. The van der Waals surface area contributed by atoms with Gasteiger partial charge < -0.3 is 15.0 Å². The number of ether oxygens (including phenoxy) is 1. The Balaban J connectivity index is 1.97. The molecule has 5 nitrogen and oxygen atoms in total. The lowest BCUT2D eigenvalue weighted by atomic mass is 10.00. The summed E-state index contributed by atoms with van der Waals surface area (Å²) in [6, 6.07) is 22.9.